The van der Waals surface area contributed by atoms with Crippen LogP contribution in [-0.2, 0) is 17.9 Å². The van der Waals surface area contributed by atoms with Gasteiger partial charge < -0.3 is 10.2 Å². The fraction of sp³-hybridized carbons (Fsp3) is 0.333. The van der Waals surface area contributed by atoms with Crippen LogP contribution >= 0.6 is 11.3 Å². The fourth-order valence-electron chi connectivity index (χ4n) is 2.94. The molecular weight excluding hydrogens is 308 g/mol. The third kappa shape index (κ3) is 3.29. The average molecular weight is 328 g/mol. The number of carbonyl (C=O) groups is 2. The number of hydrogen-bond acceptors (Lipinski definition) is 3. The maximum atomic E-state index is 12.6. The minimum atomic E-state index is -0.403. The highest BCUT2D eigenvalue weighted by atomic mass is 32.1. The summed E-state index contributed by atoms with van der Waals surface area (Å²) in [6.07, 6.45) is 1.53. The van der Waals surface area contributed by atoms with Crippen LogP contribution in [0.1, 0.15) is 40.6 Å². The van der Waals surface area contributed by atoms with Gasteiger partial charge in [0.2, 0.25) is 5.91 Å². The molecule has 0 saturated heterocycles. The van der Waals surface area contributed by atoms with Gasteiger partial charge in [0, 0.05) is 17.0 Å². The molecule has 1 aromatic heterocycles. The van der Waals surface area contributed by atoms with Crippen molar-refractivity contribution in [3.05, 3.63) is 57.8 Å². The molecule has 120 valence electrons. The second-order valence-electron chi connectivity index (χ2n) is 5.69. The standard InChI is InChI=1S/C18H20N2O2S/c1-2-6-16(17(21)19-11-14-8-5-10-23-14)20-12-13-7-3-4-9-15(13)18(20)22/h3-5,7-10,16H,2,6,11-12H2,1H3,(H,19,21)/t16-/m0/s1. The molecule has 23 heavy (non-hydrogen) atoms. The van der Waals surface area contributed by atoms with Crippen LogP contribution in [0.15, 0.2) is 41.8 Å². The Morgan fingerprint density at radius 2 is 2.13 bits per heavy atom. The summed E-state index contributed by atoms with van der Waals surface area (Å²) in [5, 5.41) is 4.96. The monoisotopic (exact) mass is 328 g/mol. The Balaban J connectivity index is 1.72. The maximum Gasteiger partial charge on any atom is 0.255 e. The molecule has 1 aliphatic heterocycles. The van der Waals surface area contributed by atoms with Gasteiger partial charge in [0.05, 0.1) is 6.54 Å². The molecular formula is C18H20N2O2S. The van der Waals surface area contributed by atoms with Crippen molar-refractivity contribution in [2.45, 2.75) is 38.9 Å². The molecule has 1 aromatic carbocycles. The van der Waals surface area contributed by atoms with Crippen molar-refractivity contribution in [2.75, 3.05) is 0 Å². The molecule has 4 nitrogen and oxygen atoms in total. The van der Waals surface area contributed by atoms with Crippen LogP contribution in [0, 0.1) is 0 Å². The molecule has 0 unspecified atom stereocenters. The molecule has 5 heteroatoms. The largest absolute Gasteiger partial charge is 0.349 e. The van der Waals surface area contributed by atoms with Gasteiger partial charge in [-0.05, 0) is 29.5 Å². The summed E-state index contributed by atoms with van der Waals surface area (Å²) in [4.78, 5) is 28.0. The van der Waals surface area contributed by atoms with E-state index in [4.69, 9.17) is 0 Å². The van der Waals surface area contributed by atoms with E-state index in [1.165, 1.54) is 0 Å². The SMILES string of the molecule is CCC[C@@H](C(=O)NCc1cccs1)N1Cc2ccccc2C1=O. The Bertz CT molecular complexity index is 697. The van der Waals surface area contributed by atoms with Crippen molar-refractivity contribution < 1.29 is 9.59 Å². The Kier molecular flexibility index (Phi) is 4.76. The van der Waals surface area contributed by atoms with E-state index in [0.717, 1.165) is 22.4 Å². The highest BCUT2D eigenvalue weighted by molar-refractivity contribution is 7.09. The van der Waals surface area contributed by atoms with Crippen molar-refractivity contribution in [1.82, 2.24) is 10.2 Å². The van der Waals surface area contributed by atoms with Gasteiger partial charge in [-0.15, -0.1) is 11.3 Å². The quantitative estimate of drug-likeness (QED) is 0.885. The van der Waals surface area contributed by atoms with Crippen LogP contribution in [0.25, 0.3) is 0 Å². The van der Waals surface area contributed by atoms with Gasteiger partial charge in [-0.1, -0.05) is 37.6 Å². The molecule has 0 radical (unpaired) electrons. The summed E-state index contributed by atoms with van der Waals surface area (Å²) in [5.41, 5.74) is 1.73. The predicted molar refractivity (Wildman–Crippen MR) is 91.2 cm³/mol. The number of nitrogens with one attached hydrogen (secondary N) is 1. The second kappa shape index (κ2) is 6.96. The summed E-state index contributed by atoms with van der Waals surface area (Å²) in [5.74, 6) is -0.105. The molecule has 2 aromatic rings. The lowest BCUT2D eigenvalue weighted by molar-refractivity contribution is -0.126. The molecule has 0 saturated carbocycles. The molecule has 2 amide bonds. The number of hydrogen-bond donors (Lipinski definition) is 1. The van der Waals surface area contributed by atoms with Crippen molar-refractivity contribution in [2.24, 2.45) is 0 Å². The third-order valence-electron chi connectivity index (χ3n) is 4.11. The predicted octanol–water partition coefficient (Wildman–Crippen LogP) is 3.19. The molecule has 3 rings (SSSR count). The summed E-state index contributed by atoms with van der Waals surface area (Å²) < 4.78 is 0. The van der Waals surface area contributed by atoms with Crippen LogP contribution < -0.4 is 5.32 Å². The van der Waals surface area contributed by atoms with Gasteiger partial charge in [-0.3, -0.25) is 9.59 Å². The lowest BCUT2D eigenvalue weighted by atomic mass is 10.1. The Morgan fingerprint density at radius 1 is 1.30 bits per heavy atom. The summed E-state index contributed by atoms with van der Waals surface area (Å²) >= 11 is 1.62. The third-order valence-corrected chi connectivity index (χ3v) is 4.98. The van der Waals surface area contributed by atoms with E-state index in [9.17, 15) is 9.59 Å². The van der Waals surface area contributed by atoms with Gasteiger partial charge in [0.1, 0.15) is 6.04 Å². The first kappa shape index (κ1) is 15.7. The Hall–Kier alpha value is -2.14. The molecule has 1 atom stereocenters. The molecule has 0 bridgehead atoms. The smallest absolute Gasteiger partial charge is 0.255 e. The van der Waals surface area contributed by atoms with Gasteiger partial charge >= 0.3 is 0 Å². The molecule has 1 aliphatic rings. The lowest BCUT2D eigenvalue weighted by Crippen LogP contribution is -2.46. The van der Waals surface area contributed by atoms with E-state index >= 15 is 0 Å². The number of fused-ring (bicyclic) bond motifs is 1. The molecule has 0 aliphatic carbocycles. The summed E-state index contributed by atoms with van der Waals surface area (Å²) in [6.45, 7) is 3.07. The highest BCUT2D eigenvalue weighted by Gasteiger charge is 2.35. The normalized spacial score (nSPS) is 14.7. The fourth-order valence-corrected chi connectivity index (χ4v) is 3.58. The highest BCUT2D eigenvalue weighted by Crippen LogP contribution is 2.26. The van der Waals surface area contributed by atoms with Crippen LogP contribution in [0.5, 0.6) is 0 Å². The zero-order valence-electron chi connectivity index (χ0n) is 13.1. The molecule has 1 N–H and O–H groups in total. The number of benzene rings is 1. The Morgan fingerprint density at radius 3 is 2.83 bits per heavy atom. The number of nitrogens with zero attached hydrogens (tertiary/aromatic N) is 1. The van der Waals surface area contributed by atoms with Gasteiger partial charge in [-0.2, -0.15) is 0 Å². The number of carbonyl (C=O) groups excluding carboxylic acids is 2. The van der Waals surface area contributed by atoms with Crippen molar-refractivity contribution in [1.29, 1.82) is 0 Å². The summed E-state index contributed by atoms with van der Waals surface area (Å²) in [7, 11) is 0. The molecule has 0 fully saturated rings. The van der Waals surface area contributed by atoms with Crippen molar-refractivity contribution in [3.63, 3.8) is 0 Å². The number of thiophene rings is 1. The second-order valence-corrected chi connectivity index (χ2v) is 6.72. The van der Waals surface area contributed by atoms with Gasteiger partial charge in [0.25, 0.3) is 5.91 Å². The zero-order valence-corrected chi connectivity index (χ0v) is 13.9. The number of amides is 2. The van der Waals surface area contributed by atoms with Crippen molar-refractivity contribution in [3.8, 4) is 0 Å². The van der Waals surface area contributed by atoms with Gasteiger partial charge in [-0.25, -0.2) is 0 Å². The maximum absolute atomic E-state index is 12.6. The van der Waals surface area contributed by atoms with E-state index in [2.05, 4.69) is 5.32 Å². The number of rotatable bonds is 6. The van der Waals surface area contributed by atoms with Crippen LogP contribution in [0.2, 0.25) is 0 Å². The molecule has 2 heterocycles. The van der Waals surface area contributed by atoms with Crippen LogP contribution in [-0.4, -0.2) is 22.8 Å². The van der Waals surface area contributed by atoms with Crippen LogP contribution in [0.3, 0.4) is 0 Å². The van der Waals surface area contributed by atoms with Crippen LogP contribution in [0.4, 0.5) is 0 Å². The van der Waals surface area contributed by atoms with E-state index in [1.54, 1.807) is 16.2 Å². The lowest BCUT2D eigenvalue weighted by Gasteiger charge is -2.26. The van der Waals surface area contributed by atoms with E-state index in [-0.39, 0.29) is 11.8 Å². The molecule has 0 spiro atoms. The minimum Gasteiger partial charge on any atom is -0.349 e. The van der Waals surface area contributed by atoms with Crippen molar-refractivity contribution >= 4 is 23.2 Å². The Labute approximate surface area is 140 Å². The first-order chi connectivity index (χ1) is 11.2. The average Bonchev–Trinajstić information content (AvgIpc) is 3.19. The summed E-state index contributed by atoms with van der Waals surface area (Å²) in [6, 6.07) is 11.2. The van der Waals surface area contributed by atoms with E-state index in [1.807, 2.05) is 48.7 Å². The van der Waals surface area contributed by atoms with E-state index in [0.29, 0.717) is 19.5 Å². The topological polar surface area (TPSA) is 49.4 Å². The minimum absolute atomic E-state index is 0.0367. The zero-order chi connectivity index (χ0) is 16.2. The first-order valence-electron chi connectivity index (χ1n) is 7.89. The van der Waals surface area contributed by atoms with E-state index < -0.39 is 6.04 Å². The first-order valence-corrected chi connectivity index (χ1v) is 8.77. The van der Waals surface area contributed by atoms with Gasteiger partial charge in [0.15, 0.2) is 0 Å².